The lowest BCUT2D eigenvalue weighted by molar-refractivity contribution is -0.0779. The predicted molar refractivity (Wildman–Crippen MR) is 35.3 cm³/mol. The zero-order valence-corrected chi connectivity index (χ0v) is 5.96. The van der Waals surface area contributed by atoms with Crippen LogP contribution in [0.1, 0.15) is 0 Å². The van der Waals surface area contributed by atoms with Crippen molar-refractivity contribution in [2.24, 2.45) is 5.11 Å². The van der Waals surface area contributed by atoms with Crippen molar-refractivity contribution in [3.8, 4) is 0 Å². The van der Waals surface area contributed by atoms with Crippen LogP contribution in [0.4, 0.5) is 4.39 Å². The van der Waals surface area contributed by atoms with Crippen LogP contribution in [0.2, 0.25) is 0 Å². The third kappa shape index (κ3) is 1.23. The zero-order valence-electron chi connectivity index (χ0n) is 5.96. The van der Waals surface area contributed by atoms with Gasteiger partial charge >= 0.3 is 0 Å². The molecule has 6 nitrogen and oxygen atoms in total. The van der Waals surface area contributed by atoms with Crippen molar-refractivity contribution in [1.82, 2.24) is 0 Å². The summed E-state index contributed by atoms with van der Waals surface area (Å²) in [6.45, 7) is -0.0787. The summed E-state index contributed by atoms with van der Waals surface area (Å²) in [6.07, 6.45) is -3.40. The summed E-state index contributed by atoms with van der Waals surface area (Å²) in [7, 11) is 0. The highest BCUT2D eigenvalue weighted by atomic mass is 19.1. The molecule has 3 atom stereocenters. The first-order valence-electron chi connectivity index (χ1n) is 3.16. The summed E-state index contributed by atoms with van der Waals surface area (Å²) in [5, 5.41) is 20.8. The minimum atomic E-state index is -1.89. The molecule has 7 heteroatoms. The highest BCUT2D eigenvalue weighted by molar-refractivity contribution is 5.00. The summed E-state index contributed by atoms with van der Waals surface area (Å²) in [5.74, 6) is 0. The number of hydrogen-bond acceptors (Lipinski definition) is 4. The van der Waals surface area contributed by atoms with Gasteiger partial charge in [0.1, 0.15) is 12.7 Å². The molecule has 0 amide bonds. The van der Waals surface area contributed by atoms with Crippen LogP contribution < -0.4 is 0 Å². The predicted octanol–water partition coefficient (Wildman–Crippen LogP) is -0.124. The molecule has 67 valence electrons. The van der Waals surface area contributed by atoms with E-state index in [1.807, 2.05) is 0 Å². The standard InChI is InChI=1S/C5H7FN3O3/c6-3-1-12-5(2-10,4(3)11)8-9-7/h1,3-4,10-11H,2H2/t3-,4+,5-/m1/s1. The lowest BCUT2D eigenvalue weighted by atomic mass is 10.1. The van der Waals surface area contributed by atoms with Crippen LogP contribution in [-0.2, 0) is 4.74 Å². The van der Waals surface area contributed by atoms with Gasteiger partial charge in [-0.2, -0.15) is 0 Å². The van der Waals surface area contributed by atoms with Gasteiger partial charge in [0.2, 0.25) is 0 Å². The fraction of sp³-hybridized carbons (Fsp3) is 0.800. The summed E-state index contributed by atoms with van der Waals surface area (Å²) >= 11 is 0. The lowest BCUT2D eigenvalue weighted by Crippen LogP contribution is -2.43. The Hall–Kier alpha value is -0.880. The van der Waals surface area contributed by atoms with Crippen LogP contribution >= 0.6 is 0 Å². The summed E-state index contributed by atoms with van der Waals surface area (Å²) < 4.78 is 17.1. The fourth-order valence-corrected chi connectivity index (χ4v) is 0.897. The number of azide groups is 1. The molecular formula is C5H7FN3O3. The second-order valence-corrected chi connectivity index (χ2v) is 2.34. The molecule has 0 bridgehead atoms. The minimum Gasteiger partial charge on any atom is -0.393 e. The number of aliphatic hydroxyl groups is 2. The summed E-state index contributed by atoms with van der Waals surface area (Å²) in [6, 6.07) is 0. The molecule has 1 saturated heterocycles. The Balaban J connectivity index is 2.87. The Morgan fingerprint density at radius 1 is 1.83 bits per heavy atom. The Labute approximate surface area is 67.2 Å². The molecule has 0 spiro atoms. The molecule has 0 aromatic carbocycles. The van der Waals surface area contributed by atoms with E-state index in [1.165, 1.54) is 0 Å². The Morgan fingerprint density at radius 3 is 2.83 bits per heavy atom. The van der Waals surface area contributed by atoms with Crippen molar-refractivity contribution in [3.05, 3.63) is 17.0 Å². The van der Waals surface area contributed by atoms with Crippen molar-refractivity contribution in [2.75, 3.05) is 6.61 Å². The normalized spacial score (nSPS) is 40.9. The van der Waals surface area contributed by atoms with E-state index < -0.39 is 24.6 Å². The highest BCUT2D eigenvalue weighted by Crippen LogP contribution is 2.31. The molecule has 2 N–H and O–H groups in total. The minimum absolute atomic E-state index is 0.690. The largest absolute Gasteiger partial charge is 0.393 e. The van der Waals surface area contributed by atoms with Gasteiger partial charge in [-0.3, -0.25) is 0 Å². The molecule has 0 aromatic rings. The topological polar surface area (TPSA) is 98.5 Å². The van der Waals surface area contributed by atoms with Gasteiger partial charge in [-0.05, 0) is 5.53 Å². The molecule has 12 heavy (non-hydrogen) atoms. The molecule has 1 aliphatic heterocycles. The highest BCUT2D eigenvalue weighted by Gasteiger charge is 2.49. The smallest absolute Gasteiger partial charge is 0.199 e. The van der Waals surface area contributed by atoms with E-state index in [4.69, 9.17) is 15.7 Å². The van der Waals surface area contributed by atoms with E-state index >= 15 is 0 Å². The summed E-state index contributed by atoms with van der Waals surface area (Å²) in [4.78, 5) is 2.34. The number of alkyl halides is 1. The second kappa shape index (κ2) is 3.24. The van der Waals surface area contributed by atoms with Crippen LogP contribution in [0.5, 0.6) is 0 Å². The monoisotopic (exact) mass is 176 g/mol. The van der Waals surface area contributed by atoms with Gasteiger partial charge in [0, 0.05) is 4.91 Å². The molecule has 1 heterocycles. The fourth-order valence-electron chi connectivity index (χ4n) is 0.897. The average molecular weight is 176 g/mol. The van der Waals surface area contributed by atoms with E-state index in [1.54, 1.807) is 0 Å². The SMILES string of the molecule is [N-]=[N+]=N[C@]1(CO)O[CH][C@@H](F)[C@@H]1O. The molecular weight excluding hydrogens is 169 g/mol. The maximum absolute atomic E-state index is 12.6. The molecule has 1 fully saturated rings. The number of nitrogens with zero attached hydrogens (tertiary/aromatic N) is 3. The number of halogens is 1. The van der Waals surface area contributed by atoms with E-state index in [0.29, 0.717) is 6.61 Å². The Morgan fingerprint density at radius 2 is 2.50 bits per heavy atom. The molecule has 1 aliphatic rings. The van der Waals surface area contributed by atoms with Crippen LogP contribution in [0.15, 0.2) is 5.11 Å². The molecule has 1 radical (unpaired) electrons. The number of rotatable bonds is 2. The first kappa shape index (κ1) is 9.21. The molecule has 0 unspecified atom stereocenters. The quantitative estimate of drug-likeness (QED) is 0.348. The van der Waals surface area contributed by atoms with Crippen LogP contribution in [0.25, 0.3) is 10.4 Å². The van der Waals surface area contributed by atoms with Crippen molar-refractivity contribution in [1.29, 1.82) is 0 Å². The third-order valence-corrected chi connectivity index (χ3v) is 1.61. The van der Waals surface area contributed by atoms with Gasteiger partial charge in [0.15, 0.2) is 11.9 Å². The first-order valence-corrected chi connectivity index (χ1v) is 3.16. The van der Waals surface area contributed by atoms with Crippen molar-refractivity contribution in [2.45, 2.75) is 18.0 Å². The maximum Gasteiger partial charge on any atom is 0.199 e. The van der Waals surface area contributed by atoms with Crippen LogP contribution in [0.3, 0.4) is 0 Å². The lowest BCUT2D eigenvalue weighted by Gasteiger charge is -2.22. The van der Waals surface area contributed by atoms with Gasteiger partial charge in [-0.1, -0.05) is 5.11 Å². The second-order valence-electron chi connectivity index (χ2n) is 2.34. The number of hydrogen-bond donors (Lipinski definition) is 2. The molecule has 0 saturated carbocycles. The van der Waals surface area contributed by atoms with Crippen molar-refractivity contribution < 1.29 is 19.3 Å². The molecule has 0 aliphatic carbocycles. The third-order valence-electron chi connectivity index (χ3n) is 1.61. The van der Waals surface area contributed by atoms with E-state index in [9.17, 15) is 4.39 Å². The van der Waals surface area contributed by atoms with Crippen LogP contribution in [-0.4, -0.2) is 34.8 Å². The van der Waals surface area contributed by atoms with E-state index in [0.717, 1.165) is 0 Å². The van der Waals surface area contributed by atoms with Crippen molar-refractivity contribution in [3.63, 3.8) is 0 Å². The number of aliphatic hydroxyl groups excluding tert-OH is 2. The van der Waals surface area contributed by atoms with Gasteiger partial charge in [0.05, 0.1) is 6.61 Å². The van der Waals surface area contributed by atoms with Gasteiger partial charge in [-0.25, -0.2) is 4.39 Å². The van der Waals surface area contributed by atoms with E-state index in [2.05, 4.69) is 14.8 Å². The first-order chi connectivity index (χ1) is 5.66. The molecule has 0 aromatic heterocycles. The Kier molecular flexibility index (Phi) is 2.49. The van der Waals surface area contributed by atoms with Gasteiger partial charge in [0.25, 0.3) is 0 Å². The average Bonchev–Trinajstić information content (AvgIpc) is 2.35. The van der Waals surface area contributed by atoms with Crippen molar-refractivity contribution >= 4 is 0 Å². The number of ether oxygens (including phenoxy) is 1. The van der Waals surface area contributed by atoms with E-state index in [-0.39, 0.29) is 0 Å². The van der Waals surface area contributed by atoms with Crippen LogP contribution in [0, 0.1) is 6.61 Å². The zero-order chi connectivity index (χ0) is 9.19. The Bertz CT molecular complexity index is 220. The maximum atomic E-state index is 12.6. The summed E-state index contributed by atoms with van der Waals surface area (Å²) in [5.41, 5.74) is 6.15. The van der Waals surface area contributed by atoms with Gasteiger partial charge < -0.3 is 14.9 Å². The van der Waals surface area contributed by atoms with Gasteiger partial charge in [-0.15, -0.1) is 0 Å². The molecule has 1 rings (SSSR count).